The van der Waals surface area contributed by atoms with Gasteiger partial charge in [0.1, 0.15) is 5.76 Å². The van der Waals surface area contributed by atoms with Gasteiger partial charge in [-0.15, -0.1) is 0 Å². The molecular formula is C11H15NO3. The Morgan fingerprint density at radius 3 is 2.80 bits per heavy atom. The molecular weight excluding hydrogens is 194 g/mol. The van der Waals surface area contributed by atoms with Crippen LogP contribution in [0.25, 0.3) is 0 Å². The molecule has 0 aliphatic heterocycles. The molecule has 0 bridgehead atoms. The maximum atomic E-state index is 10.7. The SMILES string of the molecule is Cc1noc(C2CCCC2)c1CC(=O)O. The van der Waals surface area contributed by atoms with Crippen LogP contribution in [0, 0.1) is 6.92 Å². The maximum Gasteiger partial charge on any atom is 0.308 e. The zero-order valence-electron chi connectivity index (χ0n) is 8.82. The zero-order valence-corrected chi connectivity index (χ0v) is 8.82. The second-order valence-corrected chi connectivity index (χ2v) is 4.16. The van der Waals surface area contributed by atoms with Crippen LogP contribution in [0.4, 0.5) is 0 Å². The lowest BCUT2D eigenvalue weighted by molar-refractivity contribution is -0.136. The first kappa shape index (κ1) is 10.2. The van der Waals surface area contributed by atoms with Gasteiger partial charge in [0.05, 0.1) is 12.1 Å². The highest BCUT2D eigenvalue weighted by molar-refractivity contribution is 5.70. The molecule has 4 heteroatoms. The molecule has 0 radical (unpaired) electrons. The second kappa shape index (κ2) is 4.04. The highest BCUT2D eigenvalue weighted by Gasteiger charge is 2.26. The summed E-state index contributed by atoms with van der Waals surface area (Å²) < 4.78 is 5.27. The van der Waals surface area contributed by atoms with Crippen molar-refractivity contribution < 1.29 is 14.4 Å². The van der Waals surface area contributed by atoms with E-state index in [1.807, 2.05) is 0 Å². The van der Waals surface area contributed by atoms with E-state index in [9.17, 15) is 4.79 Å². The molecule has 1 saturated carbocycles. The van der Waals surface area contributed by atoms with E-state index < -0.39 is 5.97 Å². The van der Waals surface area contributed by atoms with Crippen LogP contribution in [-0.4, -0.2) is 16.2 Å². The van der Waals surface area contributed by atoms with E-state index in [-0.39, 0.29) is 6.42 Å². The van der Waals surface area contributed by atoms with Crippen molar-refractivity contribution in [1.29, 1.82) is 0 Å². The third-order valence-electron chi connectivity index (χ3n) is 3.07. The molecule has 1 aromatic rings. The minimum atomic E-state index is -0.819. The summed E-state index contributed by atoms with van der Waals surface area (Å²) in [4.78, 5) is 10.7. The molecule has 1 aromatic heterocycles. The first-order valence-corrected chi connectivity index (χ1v) is 5.35. The van der Waals surface area contributed by atoms with Crippen molar-refractivity contribution in [1.82, 2.24) is 5.16 Å². The minimum Gasteiger partial charge on any atom is -0.481 e. The number of hydrogen-bond donors (Lipinski definition) is 1. The van der Waals surface area contributed by atoms with Crippen LogP contribution in [-0.2, 0) is 11.2 Å². The number of aromatic nitrogens is 1. The average molecular weight is 209 g/mol. The molecule has 4 nitrogen and oxygen atoms in total. The lowest BCUT2D eigenvalue weighted by Crippen LogP contribution is -2.04. The molecule has 0 amide bonds. The van der Waals surface area contributed by atoms with Crippen molar-refractivity contribution >= 4 is 5.97 Å². The lowest BCUT2D eigenvalue weighted by Gasteiger charge is -2.06. The van der Waals surface area contributed by atoms with Crippen LogP contribution in [0.2, 0.25) is 0 Å². The number of hydrogen-bond acceptors (Lipinski definition) is 3. The molecule has 1 heterocycles. The molecule has 0 spiro atoms. The predicted molar refractivity (Wildman–Crippen MR) is 53.8 cm³/mol. The number of carboxylic acid groups (broad SMARTS) is 1. The van der Waals surface area contributed by atoms with Crippen LogP contribution in [0.5, 0.6) is 0 Å². The highest BCUT2D eigenvalue weighted by atomic mass is 16.5. The van der Waals surface area contributed by atoms with Crippen molar-refractivity contribution in [3.63, 3.8) is 0 Å². The molecule has 15 heavy (non-hydrogen) atoms. The quantitative estimate of drug-likeness (QED) is 0.829. The van der Waals surface area contributed by atoms with E-state index in [4.69, 9.17) is 9.63 Å². The maximum absolute atomic E-state index is 10.7. The summed E-state index contributed by atoms with van der Waals surface area (Å²) in [5.41, 5.74) is 1.51. The molecule has 0 saturated heterocycles. The number of aliphatic carboxylic acids is 1. The van der Waals surface area contributed by atoms with Crippen LogP contribution in [0.1, 0.15) is 48.6 Å². The second-order valence-electron chi connectivity index (χ2n) is 4.16. The first-order valence-electron chi connectivity index (χ1n) is 5.35. The molecule has 0 atom stereocenters. The van der Waals surface area contributed by atoms with Crippen molar-refractivity contribution in [2.45, 2.75) is 44.9 Å². The van der Waals surface area contributed by atoms with Gasteiger partial charge in [-0.25, -0.2) is 0 Å². The topological polar surface area (TPSA) is 63.3 Å². The molecule has 0 aromatic carbocycles. The third-order valence-corrected chi connectivity index (χ3v) is 3.07. The minimum absolute atomic E-state index is 0.0289. The Bertz CT molecular complexity index is 364. The Hall–Kier alpha value is -1.32. The van der Waals surface area contributed by atoms with Gasteiger partial charge in [-0.2, -0.15) is 0 Å². The Labute approximate surface area is 88.3 Å². The Morgan fingerprint density at radius 1 is 1.53 bits per heavy atom. The monoisotopic (exact) mass is 209 g/mol. The Kier molecular flexibility index (Phi) is 2.75. The molecule has 1 aliphatic rings. The molecule has 2 rings (SSSR count). The van der Waals surface area contributed by atoms with Crippen LogP contribution >= 0.6 is 0 Å². The van der Waals surface area contributed by atoms with E-state index in [1.54, 1.807) is 6.92 Å². The molecule has 1 fully saturated rings. The van der Waals surface area contributed by atoms with Crippen molar-refractivity contribution in [3.05, 3.63) is 17.0 Å². The van der Waals surface area contributed by atoms with Crippen molar-refractivity contribution in [2.75, 3.05) is 0 Å². The zero-order chi connectivity index (χ0) is 10.8. The van der Waals surface area contributed by atoms with E-state index >= 15 is 0 Å². The van der Waals surface area contributed by atoms with E-state index in [0.717, 1.165) is 29.9 Å². The van der Waals surface area contributed by atoms with Crippen LogP contribution < -0.4 is 0 Å². The molecule has 1 aliphatic carbocycles. The summed E-state index contributed by atoms with van der Waals surface area (Å²) in [7, 11) is 0. The first-order chi connectivity index (χ1) is 7.18. The van der Waals surface area contributed by atoms with E-state index in [2.05, 4.69) is 5.16 Å². The van der Waals surface area contributed by atoms with Crippen LogP contribution in [0.15, 0.2) is 4.52 Å². The number of nitrogens with zero attached hydrogens (tertiary/aromatic N) is 1. The third kappa shape index (κ3) is 2.03. The van der Waals surface area contributed by atoms with E-state index in [0.29, 0.717) is 5.92 Å². The van der Waals surface area contributed by atoms with Crippen molar-refractivity contribution in [2.24, 2.45) is 0 Å². The van der Waals surface area contributed by atoms with Gasteiger partial charge in [0.15, 0.2) is 0 Å². The largest absolute Gasteiger partial charge is 0.481 e. The fraction of sp³-hybridized carbons (Fsp3) is 0.636. The fourth-order valence-corrected chi connectivity index (χ4v) is 2.28. The molecule has 82 valence electrons. The molecule has 0 unspecified atom stereocenters. The smallest absolute Gasteiger partial charge is 0.308 e. The van der Waals surface area contributed by atoms with Gasteiger partial charge in [0.2, 0.25) is 0 Å². The van der Waals surface area contributed by atoms with Crippen LogP contribution in [0.3, 0.4) is 0 Å². The van der Waals surface area contributed by atoms with Gasteiger partial charge in [-0.1, -0.05) is 18.0 Å². The number of carbonyl (C=O) groups is 1. The fourth-order valence-electron chi connectivity index (χ4n) is 2.28. The van der Waals surface area contributed by atoms with Gasteiger partial charge in [0.25, 0.3) is 0 Å². The standard InChI is InChI=1S/C11H15NO3/c1-7-9(6-10(13)14)11(15-12-7)8-4-2-3-5-8/h8H,2-6H2,1H3,(H,13,14). The Balaban J connectivity index is 2.25. The lowest BCUT2D eigenvalue weighted by atomic mass is 9.98. The summed E-state index contributed by atoms with van der Waals surface area (Å²) in [6.07, 6.45) is 4.64. The summed E-state index contributed by atoms with van der Waals surface area (Å²) in [6.45, 7) is 1.81. The summed E-state index contributed by atoms with van der Waals surface area (Å²) in [6, 6.07) is 0. The highest BCUT2D eigenvalue weighted by Crippen LogP contribution is 2.36. The Morgan fingerprint density at radius 2 is 2.20 bits per heavy atom. The van der Waals surface area contributed by atoms with Gasteiger partial charge in [-0.05, 0) is 19.8 Å². The summed E-state index contributed by atoms with van der Waals surface area (Å²) >= 11 is 0. The van der Waals surface area contributed by atoms with Gasteiger partial charge < -0.3 is 9.63 Å². The summed E-state index contributed by atoms with van der Waals surface area (Å²) in [5, 5.41) is 12.7. The van der Waals surface area contributed by atoms with E-state index in [1.165, 1.54) is 12.8 Å². The number of carboxylic acids is 1. The van der Waals surface area contributed by atoms with Gasteiger partial charge >= 0.3 is 5.97 Å². The average Bonchev–Trinajstić information content (AvgIpc) is 2.76. The number of rotatable bonds is 3. The van der Waals surface area contributed by atoms with Gasteiger partial charge in [0, 0.05) is 11.5 Å². The normalized spacial score (nSPS) is 17.1. The summed E-state index contributed by atoms with van der Waals surface area (Å²) in [5.74, 6) is 0.383. The molecule has 1 N–H and O–H groups in total. The van der Waals surface area contributed by atoms with Gasteiger partial charge in [-0.3, -0.25) is 4.79 Å². The van der Waals surface area contributed by atoms with Crippen molar-refractivity contribution in [3.8, 4) is 0 Å². The number of aryl methyl sites for hydroxylation is 1. The predicted octanol–water partition coefficient (Wildman–Crippen LogP) is 2.27.